The van der Waals surface area contributed by atoms with E-state index < -0.39 is 0 Å². The molecule has 0 aliphatic heterocycles. The number of hydrogen-bond acceptors (Lipinski definition) is 3. The summed E-state index contributed by atoms with van der Waals surface area (Å²) in [6.07, 6.45) is 0. The van der Waals surface area contributed by atoms with E-state index >= 15 is 0 Å². The maximum atomic E-state index is 5.32. The molecule has 13 aromatic rings. The molecule has 11 aromatic carbocycles. The van der Waals surface area contributed by atoms with Crippen LogP contribution in [0.4, 0.5) is 0 Å². The molecular weight excluding hydrogens is 813 g/mol. The highest BCUT2D eigenvalue weighted by Crippen LogP contribution is 2.43. The molecular formula is C63H40N4. The second-order valence-electron chi connectivity index (χ2n) is 17.2. The highest BCUT2D eigenvalue weighted by molar-refractivity contribution is 6.28. The summed E-state index contributed by atoms with van der Waals surface area (Å²) in [4.78, 5) is 15.9. The average molecular weight is 853 g/mol. The lowest BCUT2D eigenvalue weighted by molar-refractivity contribution is 1.07. The minimum Gasteiger partial charge on any atom is -0.309 e. The summed E-state index contributed by atoms with van der Waals surface area (Å²) in [5.41, 5.74) is 13.1. The molecule has 0 aliphatic rings. The second kappa shape index (κ2) is 15.9. The lowest BCUT2D eigenvalue weighted by atomic mass is 9.92. The number of hydrogen-bond donors (Lipinski definition) is 0. The van der Waals surface area contributed by atoms with Gasteiger partial charge in [0, 0.05) is 32.8 Å². The standard InChI is InChI=1S/C63H40N4/c1-4-17-41(18-5-1)44-23-14-25-47(37-44)61-64-62(48-26-15-24-45(38-48)42-19-6-2-7-20-42)66-63(65-61)49-33-35-52-50-27-10-11-28-51(50)54-30-16-32-59(60(54)56(52)40-49)67-57-31-13-12-29-53(57)55-39-46(34-36-58(55)67)43-21-8-3-9-22-43/h1-40H. The molecule has 0 saturated heterocycles. The third kappa shape index (κ3) is 6.65. The van der Waals surface area contributed by atoms with E-state index in [9.17, 15) is 0 Å². The maximum Gasteiger partial charge on any atom is 0.164 e. The van der Waals surface area contributed by atoms with Crippen molar-refractivity contribution in [2.24, 2.45) is 0 Å². The molecule has 0 bridgehead atoms. The van der Waals surface area contributed by atoms with Crippen LogP contribution in [0.1, 0.15) is 0 Å². The first-order chi connectivity index (χ1) is 33.2. The molecule has 0 amide bonds. The Hall–Kier alpha value is -8.99. The number of aromatic nitrogens is 4. The summed E-state index contributed by atoms with van der Waals surface area (Å²) in [6, 6.07) is 86.5. The van der Waals surface area contributed by atoms with Crippen LogP contribution in [0.25, 0.3) is 127 Å². The molecule has 67 heavy (non-hydrogen) atoms. The molecule has 0 atom stereocenters. The van der Waals surface area contributed by atoms with Crippen molar-refractivity contribution in [1.82, 2.24) is 19.5 Å². The molecule has 0 unspecified atom stereocenters. The third-order valence-electron chi connectivity index (χ3n) is 13.2. The lowest BCUT2D eigenvalue weighted by Crippen LogP contribution is -2.01. The van der Waals surface area contributed by atoms with Crippen molar-refractivity contribution >= 4 is 54.1 Å². The van der Waals surface area contributed by atoms with Gasteiger partial charge in [0.1, 0.15) is 0 Å². The number of para-hydroxylation sites is 1. The van der Waals surface area contributed by atoms with Gasteiger partial charge in [-0.3, -0.25) is 0 Å². The molecule has 0 N–H and O–H groups in total. The summed E-state index contributed by atoms with van der Waals surface area (Å²) < 4.78 is 2.46. The molecule has 13 rings (SSSR count). The van der Waals surface area contributed by atoms with Crippen LogP contribution < -0.4 is 0 Å². The van der Waals surface area contributed by atoms with Crippen LogP contribution in [-0.2, 0) is 0 Å². The minimum absolute atomic E-state index is 0.612. The highest BCUT2D eigenvalue weighted by atomic mass is 15.0. The van der Waals surface area contributed by atoms with Gasteiger partial charge in [-0.1, -0.05) is 200 Å². The van der Waals surface area contributed by atoms with Gasteiger partial charge in [-0.25, -0.2) is 15.0 Å². The Kier molecular flexibility index (Phi) is 9.14. The number of rotatable bonds is 7. The van der Waals surface area contributed by atoms with Gasteiger partial charge in [0.2, 0.25) is 0 Å². The van der Waals surface area contributed by atoms with Crippen LogP contribution >= 0.6 is 0 Å². The second-order valence-corrected chi connectivity index (χ2v) is 17.2. The Bertz CT molecular complexity index is 3920. The Morgan fingerprint density at radius 1 is 0.224 bits per heavy atom. The van der Waals surface area contributed by atoms with E-state index in [0.29, 0.717) is 17.5 Å². The summed E-state index contributed by atoms with van der Waals surface area (Å²) in [5, 5.41) is 9.53. The molecule has 312 valence electrons. The first kappa shape index (κ1) is 38.5. The number of benzene rings is 11. The number of fused-ring (bicyclic) bond motifs is 9. The highest BCUT2D eigenvalue weighted by Gasteiger charge is 2.20. The molecule has 4 nitrogen and oxygen atoms in total. The topological polar surface area (TPSA) is 43.6 Å². The van der Waals surface area contributed by atoms with Crippen LogP contribution in [0.2, 0.25) is 0 Å². The Morgan fingerprint density at radius 2 is 0.612 bits per heavy atom. The average Bonchev–Trinajstić information content (AvgIpc) is 3.75. The number of nitrogens with zero attached hydrogens (tertiary/aromatic N) is 4. The smallest absolute Gasteiger partial charge is 0.164 e. The fraction of sp³-hybridized carbons (Fsp3) is 0. The zero-order valence-corrected chi connectivity index (χ0v) is 36.4. The van der Waals surface area contributed by atoms with E-state index in [-0.39, 0.29) is 0 Å². The molecule has 0 aliphatic carbocycles. The molecule has 2 aromatic heterocycles. The van der Waals surface area contributed by atoms with Crippen molar-refractivity contribution in [3.63, 3.8) is 0 Å². The van der Waals surface area contributed by atoms with Crippen molar-refractivity contribution in [3.8, 4) is 73.2 Å². The van der Waals surface area contributed by atoms with Gasteiger partial charge in [0.25, 0.3) is 0 Å². The van der Waals surface area contributed by atoms with Gasteiger partial charge in [0.05, 0.1) is 16.7 Å². The fourth-order valence-corrected chi connectivity index (χ4v) is 10.1. The first-order valence-electron chi connectivity index (χ1n) is 22.8. The summed E-state index contributed by atoms with van der Waals surface area (Å²) in [5.74, 6) is 1.85. The predicted octanol–water partition coefficient (Wildman–Crippen LogP) is 16.4. The Balaban J connectivity index is 1.06. The zero-order chi connectivity index (χ0) is 44.3. The molecule has 0 radical (unpaired) electrons. The van der Waals surface area contributed by atoms with Gasteiger partial charge in [-0.05, 0) is 103 Å². The van der Waals surface area contributed by atoms with Crippen molar-refractivity contribution in [2.45, 2.75) is 0 Å². The predicted molar refractivity (Wildman–Crippen MR) is 279 cm³/mol. The summed E-state index contributed by atoms with van der Waals surface area (Å²) >= 11 is 0. The lowest BCUT2D eigenvalue weighted by Gasteiger charge is -2.17. The van der Waals surface area contributed by atoms with Crippen molar-refractivity contribution < 1.29 is 0 Å². The molecule has 0 spiro atoms. The van der Waals surface area contributed by atoms with Crippen molar-refractivity contribution in [1.29, 1.82) is 0 Å². The Labute approximate surface area is 387 Å². The third-order valence-corrected chi connectivity index (χ3v) is 13.2. The molecule has 4 heteroatoms. The SMILES string of the molecule is c1ccc(-c2cccc(-c3nc(-c4cccc(-c5ccccc5)c4)nc(-c4ccc5c6ccccc6c6cccc(-n7c8ccccc8c8cc(-c9ccccc9)ccc87)c6c5c4)n3)c2)cc1. The van der Waals surface area contributed by atoms with E-state index in [2.05, 4.69) is 235 Å². The van der Waals surface area contributed by atoms with Crippen LogP contribution in [0.5, 0.6) is 0 Å². The molecule has 0 saturated carbocycles. The summed E-state index contributed by atoms with van der Waals surface area (Å²) in [7, 11) is 0. The van der Waals surface area contributed by atoms with Crippen LogP contribution in [0.3, 0.4) is 0 Å². The van der Waals surface area contributed by atoms with Gasteiger partial charge in [0.15, 0.2) is 17.5 Å². The van der Waals surface area contributed by atoms with Gasteiger partial charge in [-0.15, -0.1) is 0 Å². The van der Waals surface area contributed by atoms with E-state index in [0.717, 1.165) is 61.1 Å². The van der Waals surface area contributed by atoms with Crippen LogP contribution in [0, 0.1) is 0 Å². The normalized spacial score (nSPS) is 11.6. The maximum absolute atomic E-state index is 5.32. The van der Waals surface area contributed by atoms with Crippen molar-refractivity contribution in [2.75, 3.05) is 0 Å². The van der Waals surface area contributed by atoms with Gasteiger partial charge < -0.3 is 4.57 Å². The van der Waals surface area contributed by atoms with E-state index in [1.165, 1.54) is 48.8 Å². The van der Waals surface area contributed by atoms with Gasteiger partial charge in [-0.2, -0.15) is 0 Å². The Morgan fingerprint density at radius 3 is 1.21 bits per heavy atom. The van der Waals surface area contributed by atoms with E-state index in [1.54, 1.807) is 0 Å². The van der Waals surface area contributed by atoms with Crippen LogP contribution in [-0.4, -0.2) is 19.5 Å². The monoisotopic (exact) mass is 852 g/mol. The largest absolute Gasteiger partial charge is 0.309 e. The summed E-state index contributed by atoms with van der Waals surface area (Å²) in [6.45, 7) is 0. The van der Waals surface area contributed by atoms with E-state index in [4.69, 9.17) is 15.0 Å². The first-order valence-corrected chi connectivity index (χ1v) is 22.8. The molecule has 2 heterocycles. The van der Waals surface area contributed by atoms with Crippen LogP contribution in [0.15, 0.2) is 243 Å². The zero-order valence-electron chi connectivity index (χ0n) is 36.4. The van der Waals surface area contributed by atoms with Crippen molar-refractivity contribution in [3.05, 3.63) is 243 Å². The molecule has 0 fully saturated rings. The van der Waals surface area contributed by atoms with E-state index in [1.807, 2.05) is 12.1 Å². The minimum atomic E-state index is 0.612. The quantitative estimate of drug-likeness (QED) is 0.150. The fourth-order valence-electron chi connectivity index (χ4n) is 10.1. The van der Waals surface area contributed by atoms with Gasteiger partial charge >= 0.3 is 0 Å².